The molecule has 1 aromatic rings. The average Bonchev–Trinajstić information content (AvgIpc) is 2.75. The van der Waals surface area contributed by atoms with E-state index in [2.05, 4.69) is 24.1 Å². The van der Waals surface area contributed by atoms with E-state index >= 15 is 0 Å². The van der Waals surface area contributed by atoms with E-state index in [1.165, 1.54) is 17.8 Å². The van der Waals surface area contributed by atoms with Crippen molar-refractivity contribution in [1.29, 1.82) is 0 Å². The third-order valence-corrected chi connectivity index (χ3v) is 4.34. The molecular weight excluding hydrogens is 246 g/mol. The summed E-state index contributed by atoms with van der Waals surface area (Å²) in [5.74, 6) is 1.32. The molecule has 1 amide bonds. The molecule has 2 unspecified atom stereocenters. The molecule has 2 atom stereocenters. The predicted molar refractivity (Wildman–Crippen MR) is 73.4 cm³/mol. The Balaban J connectivity index is 1.94. The number of amides is 1. The molecule has 1 aromatic heterocycles. The zero-order valence-corrected chi connectivity index (χ0v) is 11.8. The fraction of sp³-hybridized carbons (Fsp3) is 0.692. The SMILES string of the molecule is CC1CC(C)CC(NC(=O)c2csc(CN)n2)C1. The molecule has 5 heteroatoms. The molecule has 2 rings (SSSR count). The minimum Gasteiger partial charge on any atom is -0.348 e. The first-order valence-corrected chi connectivity index (χ1v) is 7.41. The minimum atomic E-state index is -0.0581. The molecule has 1 saturated carbocycles. The maximum absolute atomic E-state index is 12.0. The van der Waals surface area contributed by atoms with Gasteiger partial charge in [-0.05, 0) is 31.1 Å². The summed E-state index contributed by atoms with van der Waals surface area (Å²) in [5, 5.41) is 5.69. The highest BCUT2D eigenvalue weighted by atomic mass is 32.1. The summed E-state index contributed by atoms with van der Waals surface area (Å²) in [5.41, 5.74) is 6.01. The standard InChI is InChI=1S/C13H21N3OS/c1-8-3-9(2)5-10(4-8)15-13(17)11-7-18-12(6-14)16-11/h7-10H,3-6,14H2,1-2H3,(H,15,17). The van der Waals surface area contributed by atoms with Crippen LogP contribution in [0.5, 0.6) is 0 Å². The van der Waals surface area contributed by atoms with Gasteiger partial charge in [0.25, 0.3) is 5.91 Å². The van der Waals surface area contributed by atoms with Gasteiger partial charge < -0.3 is 11.1 Å². The summed E-state index contributed by atoms with van der Waals surface area (Å²) in [4.78, 5) is 16.3. The van der Waals surface area contributed by atoms with Crippen LogP contribution in [0.3, 0.4) is 0 Å². The van der Waals surface area contributed by atoms with E-state index in [4.69, 9.17) is 5.73 Å². The number of carbonyl (C=O) groups excluding carboxylic acids is 1. The van der Waals surface area contributed by atoms with Crippen molar-refractivity contribution in [1.82, 2.24) is 10.3 Å². The highest BCUT2D eigenvalue weighted by Gasteiger charge is 2.25. The molecule has 18 heavy (non-hydrogen) atoms. The van der Waals surface area contributed by atoms with Crippen molar-refractivity contribution in [2.24, 2.45) is 17.6 Å². The van der Waals surface area contributed by atoms with Crippen molar-refractivity contribution in [3.05, 3.63) is 16.1 Å². The molecule has 1 fully saturated rings. The zero-order valence-electron chi connectivity index (χ0n) is 11.0. The van der Waals surface area contributed by atoms with Gasteiger partial charge in [-0.15, -0.1) is 11.3 Å². The van der Waals surface area contributed by atoms with Gasteiger partial charge in [0, 0.05) is 18.0 Å². The Hall–Kier alpha value is -0.940. The molecular formula is C13H21N3OS. The molecule has 0 aliphatic heterocycles. The highest BCUT2D eigenvalue weighted by Crippen LogP contribution is 2.28. The van der Waals surface area contributed by atoms with Crippen LogP contribution in [0.1, 0.15) is 48.6 Å². The Morgan fingerprint density at radius 3 is 2.67 bits per heavy atom. The van der Waals surface area contributed by atoms with Crippen molar-refractivity contribution in [2.75, 3.05) is 0 Å². The molecule has 1 aliphatic carbocycles. The van der Waals surface area contributed by atoms with Crippen molar-refractivity contribution in [3.8, 4) is 0 Å². The first-order valence-electron chi connectivity index (χ1n) is 6.53. The molecule has 4 nitrogen and oxygen atoms in total. The lowest BCUT2D eigenvalue weighted by molar-refractivity contribution is 0.0906. The van der Waals surface area contributed by atoms with E-state index in [0.29, 0.717) is 30.1 Å². The average molecular weight is 267 g/mol. The van der Waals surface area contributed by atoms with Crippen molar-refractivity contribution in [2.45, 2.75) is 45.7 Å². The summed E-state index contributed by atoms with van der Waals surface area (Å²) >= 11 is 1.44. The van der Waals surface area contributed by atoms with E-state index in [0.717, 1.165) is 17.8 Å². The number of rotatable bonds is 3. The number of nitrogens with zero attached hydrogens (tertiary/aromatic N) is 1. The number of hydrogen-bond donors (Lipinski definition) is 2. The van der Waals surface area contributed by atoms with Gasteiger partial charge in [-0.25, -0.2) is 4.98 Å². The van der Waals surface area contributed by atoms with Crippen molar-refractivity contribution in [3.63, 3.8) is 0 Å². The third-order valence-electron chi connectivity index (χ3n) is 3.47. The molecule has 0 radical (unpaired) electrons. The largest absolute Gasteiger partial charge is 0.348 e. The lowest BCUT2D eigenvalue weighted by atomic mass is 9.80. The molecule has 3 N–H and O–H groups in total. The number of aromatic nitrogens is 1. The van der Waals surface area contributed by atoms with Gasteiger partial charge in [-0.1, -0.05) is 13.8 Å². The zero-order chi connectivity index (χ0) is 13.1. The first-order chi connectivity index (χ1) is 8.58. The summed E-state index contributed by atoms with van der Waals surface area (Å²) in [6, 6.07) is 0.291. The fourth-order valence-corrected chi connectivity index (χ4v) is 3.49. The second-order valence-corrected chi connectivity index (χ2v) is 6.36. The molecule has 1 aliphatic rings. The monoisotopic (exact) mass is 267 g/mol. The van der Waals surface area contributed by atoms with E-state index < -0.39 is 0 Å². The van der Waals surface area contributed by atoms with Crippen LogP contribution in [0.25, 0.3) is 0 Å². The van der Waals surface area contributed by atoms with Gasteiger partial charge in [-0.2, -0.15) is 0 Å². The van der Waals surface area contributed by atoms with Crippen LogP contribution in [0.15, 0.2) is 5.38 Å². The molecule has 100 valence electrons. The van der Waals surface area contributed by atoms with Crippen LogP contribution in [-0.2, 0) is 6.54 Å². The number of hydrogen-bond acceptors (Lipinski definition) is 4. The fourth-order valence-electron chi connectivity index (χ4n) is 2.83. The van der Waals surface area contributed by atoms with Crippen LogP contribution in [0.2, 0.25) is 0 Å². The van der Waals surface area contributed by atoms with Crippen LogP contribution in [0, 0.1) is 11.8 Å². The molecule has 0 spiro atoms. The number of nitrogens with two attached hydrogens (primary N) is 1. The highest BCUT2D eigenvalue weighted by molar-refractivity contribution is 7.09. The van der Waals surface area contributed by atoms with E-state index in [9.17, 15) is 4.79 Å². The Morgan fingerprint density at radius 2 is 2.11 bits per heavy atom. The molecule has 0 aromatic carbocycles. The molecule has 1 heterocycles. The summed E-state index contributed by atoms with van der Waals surface area (Å²) in [6.45, 7) is 4.91. The maximum Gasteiger partial charge on any atom is 0.270 e. The van der Waals surface area contributed by atoms with Gasteiger partial charge in [0.05, 0.1) is 0 Å². The number of thiazole rings is 1. The maximum atomic E-state index is 12.0. The van der Waals surface area contributed by atoms with Crippen molar-refractivity contribution < 1.29 is 4.79 Å². The normalized spacial score (nSPS) is 28.1. The Bertz CT molecular complexity index is 408. The Labute approximate surface area is 112 Å². The first kappa shape index (κ1) is 13.5. The second-order valence-electron chi connectivity index (χ2n) is 5.42. The van der Waals surface area contributed by atoms with E-state index in [1.807, 2.05) is 0 Å². The molecule has 0 saturated heterocycles. The minimum absolute atomic E-state index is 0.0581. The number of nitrogens with one attached hydrogen (secondary N) is 1. The van der Waals surface area contributed by atoms with Gasteiger partial charge in [0.1, 0.15) is 10.7 Å². The van der Waals surface area contributed by atoms with Crippen LogP contribution in [0.4, 0.5) is 0 Å². The van der Waals surface area contributed by atoms with Crippen LogP contribution < -0.4 is 11.1 Å². The lowest BCUT2D eigenvalue weighted by Gasteiger charge is -2.31. The lowest BCUT2D eigenvalue weighted by Crippen LogP contribution is -2.40. The summed E-state index contributed by atoms with van der Waals surface area (Å²) < 4.78 is 0. The topological polar surface area (TPSA) is 68.0 Å². The molecule has 0 bridgehead atoms. The summed E-state index contributed by atoms with van der Waals surface area (Å²) in [6.07, 6.45) is 3.41. The third kappa shape index (κ3) is 3.29. The van der Waals surface area contributed by atoms with Crippen molar-refractivity contribution >= 4 is 17.2 Å². The van der Waals surface area contributed by atoms with Crippen LogP contribution >= 0.6 is 11.3 Å². The van der Waals surface area contributed by atoms with Gasteiger partial charge in [0.15, 0.2) is 0 Å². The quantitative estimate of drug-likeness (QED) is 0.881. The smallest absolute Gasteiger partial charge is 0.270 e. The van der Waals surface area contributed by atoms with Gasteiger partial charge >= 0.3 is 0 Å². The van der Waals surface area contributed by atoms with Crippen LogP contribution in [-0.4, -0.2) is 16.9 Å². The van der Waals surface area contributed by atoms with E-state index in [-0.39, 0.29) is 5.91 Å². The predicted octanol–water partition coefficient (Wildman–Crippen LogP) is 2.16. The summed E-state index contributed by atoms with van der Waals surface area (Å²) in [7, 11) is 0. The second kappa shape index (κ2) is 5.80. The Morgan fingerprint density at radius 1 is 1.44 bits per heavy atom. The number of carbonyl (C=O) groups is 1. The van der Waals surface area contributed by atoms with E-state index in [1.54, 1.807) is 5.38 Å². The van der Waals surface area contributed by atoms with Gasteiger partial charge in [-0.3, -0.25) is 4.79 Å². The van der Waals surface area contributed by atoms with Gasteiger partial charge in [0.2, 0.25) is 0 Å². The Kier molecular flexibility index (Phi) is 4.35.